The third-order valence-corrected chi connectivity index (χ3v) is 5.63. The highest BCUT2D eigenvalue weighted by molar-refractivity contribution is 6.54. The average Bonchev–Trinajstić information content (AvgIpc) is 3.05. The van der Waals surface area contributed by atoms with Crippen molar-refractivity contribution in [3.63, 3.8) is 0 Å². The molecule has 0 bridgehead atoms. The predicted octanol–water partition coefficient (Wildman–Crippen LogP) is 6.12. The van der Waals surface area contributed by atoms with Crippen LogP contribution in [0.2, 0.25) is 10.0 Å². The van der Waals surface area contributed by atoms with E-state index in [-0.39, 0.29) is 17.8 Å². The van der Waals surface area contributed by atoms with Gasteiger partial charge < -0.3 is 9.74 Å². The summed E-state index contributed by atoms with van der Waals surface area (Å²) in [6, 6.07) is 15.3. The average molecular weight is 493 g/mol. The minimum Gasteiger partial charge on any atom is -0.312 e. The number of hydrogen-bond donors (Lipinski definition) is 0. The molecule has 168 valence electrons. The summed E-state index contributed by atoms with van der Waals surface area (Å²) in [5.74, 6) is -1.71. The van der Waals surface area contributed by atoms with Crippen LogP contribution in [0.3, 0.4) is 0 Å². The van der Waals surface area contributed by atoms with E-state index in [2.05, 4.69) is 5.16 Å². The summed E-state index contributed by atoms with van der Waals surface area (Å²) in [6.07, 6.45) is -4.62. The SMILES string of the molecule is O=C(O/N=C1\C(=O)N(Cc2c(Cl)cccc2Cl)c2ccccc21)c1cccc(C(F)(F)F)c1. The van der Waals surface area contributed by atoms with Gasteiger partial charge in [0.25, 0.3) is 5.91 Å². The summed E-state index contributed by atoms with van der Waals surface area (Å²) in [7, 11) is 0. The summed E-state index contributed by atoms with van der Waals surface area (Å²) in [4.78, 5) is 31.6. The number of para-hydroxylation sites is 1. The largest absolute Gasteiger partial charge is 0.416 e. The van der Waals surface area contributed by atoms with E-state index in [1.54, 1.807) is 42.5 Å². The molecular weight excluding hydrogens is 480 g/mol. The Morgan fingerprint density at radius 2 is 1.64 bits per heavy atom. The lowest BCUT2D eigenvalue weighted by Crippen LogP contribution is -2.30. The first kappa shape index (κ1) is 22.8. The highest BCUT2D eigenvalue weighted by Gasteiger charge is 2.36. The number of amides is 1. The first-order chi connectivity index (χ1) is 15.7. The lowest BCUT2D eigenvalue weighted by Gasteiger charge is -2.18. The number of halogens is 5. The zero-order valence-corrected chi connectivity index (χ0v) is 18.1. The zero-order chi connectivity index (χ0) is 23.8. The Bertz CT molecular complexity index is 1270. The molecule has 1 amide bonds. The van der Waals surface area contributed by atoms with E-state index in [1.807, 2.05) is 0 Å². The van der Waals surface area contributed by atoms with Crippen LogP contribution in [0.15, 0.2) is 71.9 Å². The molecule has 4 rings (SSSR count). The zero-order valence-electron chi connectivity index (χ0n) is 16.6. The minimum atomic E-state index is -4.62. The van der Waals surface area contributed by atoms with Crippen LogP contribution in [0, 0.1) is 0 Å². The standard InChI is InChI=1S/C23H13Cl2F3N2O3/c24-17-8-4-9-18(25)16(17)12-30-19-10-2-1-7-15(19)20(21(30)31)29-33-22(32)13-5-3-6-14(11-13)23(26,27)28/h1-11H,12H2/b29-20-. The lowest BCUT2D eigenvalue weighted by molar-refractivity contribution is -0.137. The molecule has 0 N–H and O–H groups in total. The van der Waals surface area contributed by atoms with E-state index in [1.165, 1.54) is 4.90 Å². The van der Waals surface area contributed by atoms with Gasteiger partial charge in [-0.05, 0) is 36.4 Å². The van der Waals surface area contributed by atoms with Gasteiger partial charge in [0.15, 0.2) is 5.71 Å². The smallest absolute Gasteiger partial charge is 0.312 e. The summed E-state index contributed by atoms with van der Waals surface area (Å²) in [6.45, 7) is 0.0367. The molecule has 1 heterocycles. The monoisotopic (exact) mass is 492 g/mol. The molecule has 5 nitrogen and oxygen atoms in total. The fourth-order valence-corrected chi connectivity index (χ4v) is 3.83. The summed E-state index contributed by atoms with van der Waals surface area (Å²) in [5, 5.41) is 4.42. The van der Waals surface area contributed by atoms with Gasteiger partial charge in [0.1, 0.15) is 0 Å². The molecule has 1 aliphatic heterocycles. The minimum absolute atomic E-state index is 0.0367. The van der Waals surface area contributed by atoms with Crippen molar-refractivity contribution in [1.82, 2.24) is 0 Å². The number of anilines is 1. The molecule has 3 aromatic rings. The topological polar surface area (TPSA) is 59.0 Å². The van der Waals surface area contributed by atoms with Crippen LogP contribution < -0.4 is 4.90 Å². The Hall–Kier alpha value is -3.36. The summed E-state index contributed by atoms with van der Waals surface area (Å²) < 4.78 is 38.7. The van der Waals surface area contributed by atoms with Gasteiger partial charge in [0.2, 0.25) is 0 Å². The van der Waals surface area contributed by atoms with E-state index in [4.69, 9.17) is 28.0 Å². The molecule has 0 atom stereocenters. The number of fused-ring (bicyclic) bond motifs is 1. The van der Waals surface area contributed by atoms with Gasteiger partial charge in [-0.25, -0.2) is 4.79 Å². The molecule has 0 spiro atoms. The van der Waals surface area contributed by atoms with E-state index in [0.29, 0.717) is 32.9 Å². The Kier molecular flexibility index (Phi) is 6.14. The number of rotatable bonds is 4. The normalized spacial score (nSPS) is 14.5. The molecule has 1 aliphatic rings. The van der Waals surface area contributed by atoms with Crippen LogP contribution in [0.1, 0.15) is 27.0 Å². The number of nitrogens with zero attached hydrogens (tertiary/aromatic N) is 2. The van der Waals surface area contributed by atoms with Gasteiger partial charge in [-0.2, -0.15) is 13.2 Å². The van der Waals surface area contributed by atoms with Crippen LogP contribution in [-0.2, 0) is 22.4 Å². The Morgan fingerprint density at radius 3 is 2.33 bits per heavy atom. The van der Waals surface area contributed by atoms with Crippen LogP contribution >= 0.6 is 23.2 Å². The number of benzene rings is 3. The predicted molar refractivity (Wildman–Crippen MR) is 117 cm³/mol. The van der Waals surface area contributed by atoms with Crippen LogP contribution in [0.25, 0.3) is 0 Å². The molecule has 0 aliphatic carbocycles. The van der Waals surface area contributed by atoms with Crippen LogP contribution in [-0.4, -0.2) is 17.6 Å². The molecule has 0 aromatic heterocycles. The van der Waals surface area contributed by atoms with Gasteiger partial charge in [-0.15, -0.1) is 0 Å². The van der Waals surface area contributed by atoms with Gasteiger partial charge in [0.05, 0.1) is 23.4 Å². The van der Waals surface area contributed by atoms with Gasteiger partial charge >= 0.3 is 12.1 Å². The molecule has 33 heavy (non-hydrogen) atoms. The molecule has 10 heteroatoms. The van der Waals surface area contributed by atoms with Crippen molar-refractivity contribution in [2.45, 2.75) is 12.7 Å². The van der Waals surface area contributed by atoms with Crippen molar-refractivity contribution < 1.29 is 27.6 Å². The maximum atomic E-state index is 13.1. The van der Waals surface area contributed by atoms with Crippen molar-refractivity contribution in [2.24, 2.45) is 5.16 Å². The highest BCUT2D eigenvalue weighted by atomic mass is 35.5. The van der Waals surface area contributed by atoms with Crippen LogP contribution in [0.5, 0.6) is 0 Å². The number of alkyl halides is 3. The molecule has 0 saturated heterocycles. The molecule has 0 unspecified atom stereocenters. The fourth-order valence-electron chi connectivity index (χ4n) is 3.31. The van der Waals surface area contributed by atoms with E-state index in [0.717, 1.165) is 18.2 Å². The Labute approximate surface area is 196 Å². The van der Waals surface area contributed by atoms with E-state index >= 15 is 0 Å². The number of oxime groups is 1. The summed E-state index contributed by atoms with van der Waals surface area (Å²) in [5.41, 5.74) is -0.127. The van der Waals surface area contributed by atoms with Crippen molar-refractivity contribution in [2.75, 3.05) is 4.90 Å². The van der Waals surface area contributed by atoms with Crippen molar-refractivity contribution in [1.29, 1.82) is 0 Å². The molecule has 0 saturated carbocycles. The highest BCUT2D eigenvalue weighted by Crippen LogP contribution is 2.34. The third kappa shape index (κ3) is 4.58. The maximum Gasteiger partial charge on any atom is 0.416 e. The van der Waals surface area contributed by atoms with Gasteiger partial charge in [-0.3, -0.25) is 4.79 Å². The first-order valence-electron chi connectivity index (χ1n) is 9.47. The van der Waals surface area contributed by atoms with Crippen molar-refractivity contribution >= 4 is 46.5 Å². The number of carbonyl (C=O) groups excluding carboxylic acids is 2. The Morgan fingerprint density at radius 1 is 0.970 bits per heavy atom. The Balaban J connectivity index is 1.62. The van der Waals surface area contributed by atoms with Gasteiger partial charge in [-0.1, -0.05) is 58.7 Å². The summed E-state index contributed by atoms with van der Waals surface area (Å²) >= 11 is 12.5. The quantitative estimate of drug-likeness (QED) is 0.325. The van der Waals surface area contributed by atoms with Crippen molar-refractivity contribution in [3.8, 4) is 0 Å². The second-order valence-electron chi connectivity index (χ2n) is 7.01. The number of carbonyl (C=O) groups is 2. The number of hydrogen-bond acceptors (Lipinski definition) is 4. The lowest BCUT2D eigenvalue weighted by atomic mass is 10.1. The van der Waals surface area contributed by atoms with Crippen molar-refractivity contribution in [3.05, 3.63) is 99.0 Å². The first-order valence-corrected chi connectivity index (χ1v) is 10.2. The molecule has 0 radical (unpaired) electrons. The van der Waals surface area contributed by atoms with E-state index < -0.39 is 23.6 Å². The second-order valence-corrected chi connectivity index (χ2v) is 7.82. The molecule has 0 fully saturated rings. The fraction of sp³-hybridized carbons (Fsp3) is 0.0870. The van der Waals surface area contributed by atoms with Crippen LogP contribution in [0.4, 0.5) is 18.9 Å². The second kappa shape index (κ2) is 8.88. The van der Waals surface area contributed by atoms with E-state index in [9.17, 15) is 22.8 Å². The molecular formula is C23H13Cl2F3N2O3. The third-order valence-electron chi connectivity index (χ3n) is 4.92. The van der Waals surface area contributed by atoms with Gasteiger partial charge in [0, 0.05) is 21.2 Å². The molecule has 3 aromatic carbocycles. The maximum absolute atomic E-state index is 13.1.